The van der Waals surface area contributed by atoms with Gasteiger partial charge >= 0.3 is 6.03 Å². The van der Waals surface area contributed by atoms with Gasteiger partial charge in [0.05, 0.1) is 6.04 Å². The van der Waals surface area contributed by atoms with E-state index in [1.807, 2.05) is 0 Å². The van der Waals surface area contributed by atoms with Gasteiger partial charge in [-0.2, -0.15) is 0 Å². The number of halogens is 2. The second kappa shape index (κ2) is 6.36. The van der Waals surface area contributed by atoms with E-state index in [1.165, 1.54) is 12.1 Å². The van der Waals surface area contributed by atoms with E-state index in [2.05, 4.69) is 5.32 Å². The van der Waals surface area contributed by atoms with Gasteiger partial charge in [-0.05, 0) is 48.7 Å². The summed E-state index contributed by atoms with van der Waals surface area (Å²) in [5.74, 6) is -0.267. The number of nitrogens with one attached hydrogen (secondary N) is 1. The number of urea groups is 1. The summed E-state index contributed by atoms with van der Waals surface area (Å²) in [6.07, 6.45) is 1.82. The highest BCUT2D eigenvalue weighted by Gasteiger charge is 2.29. The van der Waals surface area contributed by atoms with Gasteiger partial charge in [-0.3, -0.25) is 0 Å². The standard InChI is InChI=1S/C17H16ClFN2O/c18-13-3-1-4-15(11-13)20-17(22)21-10-2-5-16(21)12-6-8-14(19)9-7-12/h1,3-4,6-9,11,16H,2,5,10H2,(H,20,22). The summed E-state index contributed by atoms with van der Waals surface area (Å²) in [7, 11) is 0. The molecule has 114 valence electrons. The van der Waals surface area contributed by atoms with Crippen LogP contribution in [0.15, 0.2) is 48.5 Å². The van der Waals surface area contributed by atoms with Crippen LogP contribution in [0.1, 0.15) is 24.4 Å². The van der Waals surface area contributed by atoms with Crippen molar-refractivity contribution >= 4 is 23.3 Å². The number of carbonyl (C=O) groups is 1. The Morgan fingerprint density at radius 3 is 2.73 bits per heavy atom. The molecule has 1 saturated heterocycles. The zero-order chi connectivity index (χ0) is 15.5. The van der Waals surface area contributed by atoms with E-state index in [0.717, 1.165) is 18.4 Å². The van der Waals surface area contributed by atoms with Crippen molar-refractivity contribution in [3.63, 3.8) is 0 Å². The maximum Gasteiger partial charge on any atom is 0.322 e. The molecule has 5 heteroatoms. The average molecular weight is 319 g/mol. The summed E-state index contributed by atoms with van der Waals surface area (Å²) in [5, 5.41) is 3.44. The summed E-state index contributed by atoms with van der Waals surface area (Å²) in [6, 6.07) is 13.2. The highest BCUT2D eigenvalue weighted by molar-refractivity contribution is 6.30. The molecule has 0 bridgehead atoms. The SMILES string of the molecule is O=C(Nc1cccc(Cl)c1)N1CCCC1c1ccc(F)cc1. The van der Waals surface area contributed by atoms with Crippen LogP contribution >= 0.6 is 11.6 Å². The molecular formula is C17H16ClFN2O. The first kappa shape index (κ1) is 14.9. The molecule has 2 amide bonds. The number of hydrogen-bond acceptors (Lipinski definition) is 1. The number of rotatable bonds is 2. The van der Waals surface area contributed by atoms with Crippen LogP contribution in [0.4, 0.5) is 14.9 Å². The van der Waals surface area contributed by atoms with E-state index in [0.29, 0.717) is 17.3 Å². The summed E-state index contributed by atoms with van der Waals surface area (Å²) >= 11 is 5.93. The molecule has 1 N–H and O–H groups in total. The molecule has 1 atom stereocenters. The number of benzene rings is 2. The van der Waals surface area contributed by atoms with Crippen LogP contribution in [0.3, 0.4) is 0 Å². The summed E-state index contributed by atoms with van der Waals surface area (Å²) in [5.41, 5.74) is 1.63. The van der Waals surface area contributed by atoms with Crippen molar-refractivity contribution < 1.29 is 9.18 Å². The Hall–Kier alpha value is -2.07. The molecule has 0 spiro atoms. The third kappa shape index (κ3) is 3.22. The number of anilines is 1. The maximum atomic E-state index is 13.0. The Morgan fingerprint density at radius 2 is 2.00 bits per heavy atom. The van der Waals surface area contributed by atoms with Crippen LogP contribution < -0.4 is 5.32 Å². The molecule has 0 saturated carbocycles. The van der Waals surface area contributed by atoms with E-state index in [-0.39, 0.29) is 17.9 Å². The lowest BCUT2D eigenvalue weighted by atomic mass is 10.0. The molecule has 1 unspecified atom stereocenters. The fourth-order valence-corrected chi connectivity index (χ4v) is 2.99. The molecule has 2 aromatic carbocycles. The monoisotopic (exact) mass is 318 g/mol. The highest BCUT2D eigenvalue weighted by atomic mass is 35.5. The van der Waals surface area contributed by atoms with Gasteiger partial charge in [0, 0.05) is 17.3 Å². The van der Waals surface area contributed by atoms with E-state index >= 15 is 0 Å². The smallest absolute Gasteiger partial charge is 0.317 e. The molecule has 1 heterocycles. The van der Waals surface area contributed by atoms with Crippen molar-refractivity contribution in [2.24, 2.45) is 0 Å². The van der Waals surface area contributed by atoms with Crippen molar-refractivity contribution in [1.82, 2.24) is 4.90 Å². The molecular weight excluding hydrogens is 303 g/mol. The van der Waals surface area contributed by atoms with Crippen molar-refractivity contribution in [3.8, 4) is 0 Å². The van der Waals surface area contributed by atoms with Crippen LogP contribution in [0.2, 0.25) is 5.02 Å². The molecule has 0 aromatic heterocycles. The van der Waals surface area contributed by atoms with Gasteiger partial charge in [-0.25, -0.2) is 9.18 Å². The number of hydrogen-bond donors (Lipinski definition) is 1. The molecule has 2 aromatic rings. The van der Waals surface area contributed by atoms with Crippen molar-refractivity contribution in [3.05, 3.63) is 64.9 Å². The fourth-order valence-electron chi connectivity index (χ4n) is 2.80. The summed E-state index contributed by atoms with van der Waals surface area (Å²) in [4.78, 5) is 14.3. The fraction of sp³-hybridized carbons (Fsp3) is 0.235. The lowest BCUT2D eigenvalue weighted by Gasteiger charge is -2.25. The van der Waals surface area contributed by atoms with Gasteiger partial charge in [-0.15, -0.1) is 0 Å². The zero-order valence-corrected chi connectivity index (χ0v) is 12.7. The molecule has 3 nitrogen and oxygen atoms in total. The van der Waals surface area contributed by atoms with Gasteiger partial charge in [0.1, 0.15) is 5.82 Å². The van der Waals surface area contributed by atoms with Crippen LogP contribution in [0.5, 0.6) is 0 Å². The molecule has 3 rings (SSSR count). The van der Waals surface area contributed by atoms with Crippen LogP contribution in [0.25, 0.3) is 0 Å². The Labute approximate surface area is 133 Å². The topological polar surface area (TPSA) is 32.3 Å². The first-order chi connectivity index (χ1) is 10.6. The summed E-state index contributed by atoms with van der Waals surface area (Å²) in [6.45, 7) is 0.689. The minimum atomic E-state index is -0.267. The third-order valence-electron chi connectivity index (χ3n) is 3.84. The quantitative estimate of drug-likeness (QED) is 0.843. The third-order valence-corrected chi connectivity index (χ3v) is 4.08. The van der Waals surface area contributed by atoms with Crippen LogP contribution in [-0.2, 0) is 0 Å². The average Bonchev–Trinajstić information content (AvgIpc) is 2.97. The lowest BCUT2D eigenvalue weighted by Crippen LogP contribution is -2.34. The molecule has 1 aliphatic heterocycles. The molecule has 0 aliphatic carbocycles. The first-order valence-electron chi connectivity index (χ1n) is 7.22. The zero-order valence-electron chi connectivity index (χ0n) is 11.9. The van der Waals surface area contributed by atoms with Crippen LogP contribution in [-0.4, -0.2) is 17.5 Å². The molecule has 22 heavy (non-hydrogen) atoms. The van der Waals surface area contributed by atoms with E-state index in [9.17, 15) is 9.18 Å². The molecule has 1 fully saturated rings. The second-order valence-corrected chi connectivity index (χ2v) is 5.78. The van der Waals surface area contributed by atoms with Crippen molar-refractivity contribution in [2.45, 2.75) is 18.9 Å². The Balaban J connectivity index is 1.75. The predicted octanol–water partition coefficient (Wildman–Crippen LogP) is 4.85. The first-order valence-corrected chi connectivity index (χ1v) is 7.60. The number of amides is 2. The number of carbonyl (C=O) groups excluding carboxylic acids is 1. The normalized spacial score (nSPS) is 17.5. The number of likely N-dealkylation sites (tertiary alicyclic amines) is 1. The van der Waals surface area contributed by atoms with Crippen LogP contribution in [0, 0.1) is 5.82 Å². The Kier molecular flexibility index (Phi) is 4.29. The van der Waals surface area contributed by atoms with Gasteiger partial charge in [-0.1, -0.05) is 29.8 Å². The van der Waals surface area contributed by atoms with Gasteiger partial charge in [0.15, 0.2) is 0 Å². The molecule has 0 radical (unpaired) electrons. The minimum Gasteiger partial charge on any atom is -0.317 e. The Bertz CT molecular complexity index is 675. The largest absolute Gasteiger partial charge is 0.322 e. The maximum absolute atomic E-state index is 13.0. The van der Waals surface area contributed by atoms with Gasteiger partial charge in [0.2, 0.25) is 0 Å². The predicted molar refractivity (Wildman–Crippen MR) is 85.6 cm³/mol. The van der Waals surface area contributed by atoms with Crippen molar-refractivity contribution in [2.75, 3.05) is 11.9 Å². The van der Waals surface area contributed by atoms with E-state index in [4.69, 9.17) is 11.6 Å². The number of nitrogens with zero attached hydrogens (tertiary/aromatic N) is 1. The molecule has 1 aliphatic rings. The van der Waals surface area contributed by atoms with E-state index in [1.54, 1.807) is 41.3 Å². The highest BCUT2D eigenvalue weighted by Crippen LogP contribution is 2.32. The Morgan fingerprint density at radius 1 is 1.23 bits per heavy atom. The van der Waals surface area contributed by atoms with E-state index < -0.39 is 0 Å². The second-order valence-electron chi connectivity index (χ2n) is 5.34. The van der Waals surface area contributed by atoms with Gasteiger partial charge < -0.3 is 10.2 Å². The lowest BCUT2D eigenvalue weighted by molar-refractivity contribution is 0.207. The van der Waals surface area contributed by atoms with Gasteiger partial charge in [0.25, 0.3) is 0 Å². The minimum absolute atomic E-state index is 0.0141. The van der Waals surface area contributed by atoms with Crippen molar-refractivity contribution in [1.29, 1.82) is 0 Å². The summed E-state index contributed by atoms with van der Waals surface area (Å²) < 4.78 is 13.0.